The Labute approximate surface area is 103 Å². The van der Waals surface area contributed by atoms with Crippen LogP contribution in [0.1, 0.15) is 0 Å². The van der Waals surface area contributed by atoms with Gasteiger partial charge in [0.25, 0.3) is 0 Å². The second-order valence-corrected chi connectivity index (χ2v) is 5.52. The third kappa shape index (κ3) is 2.02. The molecule has 1 aliphatic heterocycles. The first-order valence-electron chi connectivity index (χ1n) is 4.46. The lowest BCUT2D eigenvalue weighted by molar-refractivity contribution is -0.124. The van der Waals surface area contributed by atoms with E-state index in [2.05, 4.69) is 0 Å². The Bertz CT molecular complexity index is 404. The van der Waals surface area contributed by atoms with E-state index in [1.54, 1.807) is 30.0 Å². The van der Waals surface area contributed by atoms with Crippen LogP contribution in [0.3, 0.4) is 0 Å². The van der Waals surface area contributed by atoms with Crippen molar-refractivity contribution in [2.75, 3.05) is 18.7 Å². The van der Waals surface area contributed by atoms with Gasteiger partial charge in [-0.15, -0.1) is 0 Å². The number of carbonyl (C=O) groups is 1. The third-order valence-corrected chi connectivity index (χ3v) is 4.13. The zero-order valence-corrected chi connectivity index (χ0v) is 10.5. The molecular formula is C10H10Cl2NOS+. The molecule has 5 heteroatoms. The monoisotopic (exact) mass is 262 g/mol. The normalized spacial score (nSPS) is 25.9. The molecule has 1 saturated heterocycles. The minimum Gasteiger partial charge on any atom is -0.229 e. The van der Waals surface area contributed by atoms with Gasteiger partial charge < -0.3 is 0 Å². The van der Waals surface area contributed by atoms with Gasteiger partial charge in [0, 0.05) is 22.2 Å². The first-order valence-corrected chi connectivity index (χ1v) is 6.37. The van der Waals surface area contributed by atoms with Gasteiger partial charge in [-0.25, -0.2) is 9.28 Å². The smallest absolute Gasteiger partial charge is 0.229 e. The Balaban J connectivity index is 2.48. The van der Waals surface area contributed by atoms with Gasteiger partial charge in [0.1, 0.15) is 17.3 Å². The predicted molar refractivity (Wildman–Crippen MR) is 66.5 cm³/mol. The van der Waals surface area contributed by atoms with Crippen LogP contribution in [0.2, 0.25) is 10.0 Å². The van der Waals surface area contributed by atoms with E-state index in [9.17, 15) is 4.79 Å². The van der Waals surface area contributed by atoms with Crippen LogP contribution in [0.5, 0.6) is 0 Å². The molecule has 1 atom stereocenters. The van der Waals surface area contributed by atoms with E-state index >= 15 is 0 Å². The maximum absolute atomic E-state index is 11.8. The van der Waals surface area contributed by atoms with Crippen LogP contribution < -0.4 is 4.48 Å². The van der Waals surface area contributed by atoms with Crippen molar-refractivity contribution in [1.82, 2.24) is 4.48 Å². The van der Waals surface area contributed by atoms with Crippen molar-refractivity contribution in [3.8, 4) is 0 Å². The summed E-state index contributed by atoms with van der Waals surface area (Å²) in [4.78, 5) is 11.8. The van der Waals surface area contributed by atoms with E-state index < -0.39 is 0 Å². The van der Waals surface area contributed by atoms with Crippen LogP contribution >= 0.6 is 35.0 Å². The van der Waals surface area contributed by atoms with Gasteiger partial charge in [0.2, 0.25) is 0 Å². The molecule has 1 aromatic rings. The molecule has 0 aliphatic carbocycles. The number of thioether (sulfide) groups is 1. The summed E-state index contributed by atoms with van der Waals surface area (Å²) in [6.45, 7) is 0. The minimum atomic E-state index is 0.193. The molecule has 2 rings (SSSR count). The summed E-state index contributed by atoms with van der Waals surface area (Å²) in [5, 5.41) is 1.14. The second-order valence-electron chi connectivity index (χ2n) is 3.69. The molecule has 15 heavy (non-hydrogen) atoms. The van der Waals surface area contributed by atoms with Crippen molar-refractivity contribution in [3.05, 3.63) is 28.2 Å². The predicted octanol–water partition coefficient (Wildman–Crippen LogP) is 3.16. The summed E-state index contributed by atoms with van der Waals surface area (Å²) in [5.74, 6) is 1.49. The number of quaternary nitrogens is 1. The SMILES string of the molecule is C[N+]1(c2cc(Cl)cc(Cl)c2)CSCC1=O. The Morgan fingerprint density at radius 3 is 2.33 bits per heavy atom. The van der Waals surface area contributed by atoms with Crippen LogP contribution in [0, 0.1) is 0 Å². The first-order chi connectivity index (χ1) is 7.02. The van der Waals surface area contributed by atoms with E-state index in [1.807, 2.05) is 7.05 Å². The number of hydrogen-bond donors (Lipinski definition) is 0. The van der Waals surface area contributed by atoms with Gasteiger partial charge in [-0.1, -0.05) is 35.0 Å². The Kier molecular flexibility index (Phi) is 2.99. The fourth-order valence-corrected chi connectivity index (χ4v) is 3.30. The summed E-state index contributed by atoms with van der Waals surface area (Å²) in [6.07, 6.45) is 0. The van der Waals surface area contributed by atoms with E-state index in [1.165, 1.54) is 0 Å². The topological polar surface area (TPSA) is 17.1 Å². The molecule has 2 nitrogen and oxygen atoms in total. The van der Waals surface area contributed by atoms with Crippen LogP contribution in [-0.4, -0.2) is 24.6 Å². The summed E-state index contributed by atoms with van der Waals surface area (Å²) >= 11 is 13.5. The lowest BCUT2D eigenvalue weighted by Crippen LogP contribution is -2.46. The molecule has 1 amide bonds. The highest BCUT2D eigenvalue weighted by molar-refractivity contribution is 8.00. The van der Waals surface area contributed by atoms with Crippen molar-refractivity contribution < 1.29 is 4.79 Å². The summed E-state index contributed by atoms with van der Waals surface area (Å²) in [6, 6.07) is 5.28. The highest BCUT2D eigenvalue weighted by Gasteiger charge is 2.40. The van der Waals surface area contributed by atoms with Gasteiger partial charge in [0.15, 0.2) is 0 Å². The van der Waals surface area contributed by atoms with Crippen molar-refractivity contribution in [2.24, 2.45) is 0 Å². The average molecular weight is 263 g/mol. The van der Waals surface area contributed by atoms with E-state index in [-0.39, 0.29) is 10.4 Å². The molecule has 1 heterocycles. The number of rotatable bonds is 1. The molecule has 1 unspecified atom stereocenters. The van der Waals surface area contributed by atoms with Crippen LogP contribution in [0.25, 0.3) is 0 Å². The van der Waals surface area contributed by atoms with Crippen LogP contribution in [-0.2, 0) is 4.79 Å². The van der Waals surface area contributed by atoms with Gasteiger partial charge in [0.05, 0.1) is 7.05 Å². The molecule has 0 bridgehead atoms. The summed E-state index contributed by atoms with van der Waals surface area (Å²) < 4.78 is 0.283. The molecule has 0 radical (unpaired) electrons. The van der Waals surface area contributed by atoms with Crippen molar-refractivity contribution >= 4 is 46.6 Å². The molecule has 1 aromatic carbocycles. The third-order valence-electron chi connectivity index (χ3n) is 2.54. The standard InChI is InChI=1S/C10H10Cl2NOS/c1-13(6-15-5-10(13)14)9-3-7(11)2-8(12)4-9/h2-4H,5-6H2,1H3/q+1. The average Bonchev–Trinajstić information content (AvgIpc) is 2.47. The van der Waals surface area contributed by atoms with Crippen molar-refractivity contribution in [2.45, 2.75) is 0 Å². The largest absolute Gasteiger partial charge is 0.329 e. The first kappa shape index (κ1) is 11.3. The fourth-order valence-electron chi connectivity index (χ4n) is 1.57. The maximum Gasteiger partial charge on any atom is 0.329 e. The molecule has 0 aromatic heterocycles. The highest BCUT2D eigenvalue weighted by atomic mass is 35.5. The fraction of sp³-hybridized carbons (Fsp3) is 0.300. The molecule has 80 valence electrons. The van der Waals surface area contributed by atoms with Crippen molar-refractivity contribution in [3.63, 3.8) is 0 Å². The maximum atomic E-state index is 11.8. The van der Waals surface area contributed by atoms with E-state index in [0.29, 0.717) is 15.8 Å². The zero-order valence-electron chi connectivity index (χ0n) is 8.17. The molecule has 1 aliphatic rings. The Morgan fingerprint density at radius 1 is 1.27 bits per heavy atom. The van der Waals surface area contributed by atoms with Gasteiger partial charge in [-0.05, 0) is 6.07 Å². The van der Waals surface area contributed by atoms with Crippen LogP contribution in [0.4, 0.5) is 5.69 Å². The number of carbonyl (C=O) groups excluding carboxylic acids is 1. The molecule has 0 N–H and O–H groups in total. The number of nitrogens with zero attached hydrogens (tertiary/aromatic N) is 1. The van der Waals surface area contributed by atoms with Crippen molar-refractivity contribution in [1.29, 1.82) is 0 Å². The lowest BCUT2D eigenvalue weighted by Gasteiger charge is -2.25. The number of amides is 1. The number of benzene rings is 1. The Morgan fingerprint density at radius 2 is 1.87 bits per heavy atom. The second kappa shape index (κ2) is 3.98. The zero-order chi connectivity index (χ0) is 11.1. The summed E-state index contributed by atoms with van der Waals surface area (Å²) in [5.41, 5.74) is 0.863. The molecular weight excluding hydrogens is 253 g/mol. The van der Waals surface area contributed by atoms with Gasteiger partial charge >= 0.3 is 5.91 Å². The highest BCUT2D eigenvalue weighted by Crippen LogP contribution is 2.34. The quantitative estimate of drug-likeness (QED) is 0.724. The van der Waals surface area contributed by atoms with Gasteiger partial charge in [-0.3, -0.25) is 0 Å². The van der Waals surface area contributed by atoms with Gasteiger partial charge in [-0.2, -0.15) is 0 Å². The van der Waals surface area contributed by atoms with Crippen LogP contribution in [0.15, 0.2) is 18.2 Å². The summed E-state index contributed by atoms with van der Waals surface area (Å²) in [7, 11) is 1.89. The lowest BCUT2D eigenvalue weighted by atomic mass is 10.2. The minimum absolute atomic E-state index is 0.193. The molecule has 0 saturated carbocycles. The Hall–Kier alpha value is -0.220. The number of halogens is 2. The molecule has 0 spiro atoms. The van der Waals surface area contributed by atoms with E-state index in [0.717, 1.165) is 11.6 Å². The van der Waals surface area contributed by atoms with E-state index in [4.69, 9.17) is 23.2 Å². The number of hydrogen-bond acceptors (Lipinski definition) is 2. The molecule has 1 fully saturated rings.